The van der Waals surface area contributed by atoms with E-state index in [1.54, 1.807) is 6.20 Å². The summed E-state index contributed by atoms with van der Waals surface area (Å²) in [6.45, 7) is 24.1. The minimum Gasteiger partial charge on any atom is -0.399 e. The van der Waals surface area contributed by atoms with Gasteiger partial charge in [0.2, 0.25) is 0 Å². The summed E-state index contributed by atoms with van der Waals surface area (Å²) >= 11 is 0. The average Bonchev–Trinajstić information content (AvgIpc) is 2.75. The highest BCUT2D eigenvalue weighted by Crippen LogP contribution is 2.25. The van der Waals surface area contributed by atoms with Gasteiger partial charge in [0.05, 0.1) is 6.04 Å². The molecule has 30 heavy (non-hydrogen) atoms. The monoisotopic (exact) mass is 407 g/mol. The third-order valence-corrected chi connectivity index (χ3v) is 4.49. The highest BCUT2D eigenvalue weighted by atomic mass is 15.0. The van der Waals surface area contributed by atoms with Crippen LogP contribution in [-0.2, 0) is 0 Å². The molecule has 164 valence electrons. The Morgan fingerprint density at radius 3 is 2.13 bits per heavy atom. The fourth-order valence-corrected chi connectivity index (χ4v) is 3.15. The van der Waals surface area contributed by atoms with Crippen LogP contribution in [-0.4, -0.2) is 5.84 Å². The van der Waals surface area contributed by atoms with Gasteiger partial charge in [-0.2, -0.15) is 0 Å². The second-order valence-corrected chi connectivity index (χ2v) is 6.67. The van der Waals surface area contributed by atoms with Crippen molar-refractivity contribution >= 4 is 11.5 Å². The predicted octanol–water partition coefficient (Wildman–Crippen LogP) is 7.22. The molecule has 0 radical (unpaired) electrons. The van der Waals surface area contributed by atoms with Crippen LogP contribution in [0.15, 0.2) is 60.7 Å². The maximum atomic E-state index is 5.99. The molecule has 0 aromatic heterocycles. The number of nitrogens with zero attached hydrogens (tertiary/aromatic N) is 1. The summed E-state index contributed by atoms with van der Waals surface area (Å²) in [6.07, 6.45) is 2.58. The van der Waals surface area contributed by atoms with Gasteiger partial charge >= 0.3 is 0 Å². The van der Waals surface area contributed by atoms with E-state index in [4.69, 9.17) is 10.7 Å². The Hall–Kier alpha value is -2.81. The Morgan fingerprint density at radius 1 is 1.03 bits per heavy atom. The third kappa shape index (κ3) is 7.55. The van der Waals surface area contributed by atoms with Gasteiger partial charge in [-0.25, -0.2) is 0 Å². The van der Waals surface area contributed by atoms with E-state index in [9.17, 15) is 0 Å². The van der Waals surface area contributed by atoms with E-state index in [0.29, 0.717) is 5.70 Å². The van der Waals surface area contributed by atoms with Gasteiger partial charge in [0.15, 0.2) is 0 Å². The zero-order valence-electron chi connectivity index (χ0n) is 20.3. The summed E-state index contributed by atoms with van der Waals surface area (Å²) < 4.78 is 0. The highest BCUT2D eigenvalue weighted by Gasteiger charge is 2.15. The molecule has 1 atom stereocenters. The van der Waals surface area contributed by atoms with Gasteiger partial charge in [0.25, 0.3) is 0 Å². The van der Waals surface area contributed by atoms with Crippen molar-refractivity contribution in [2.45, 2.75) is 67.9 Å². The van der Waals surface area contributed by atoms with Gasteiger partial charge in [0.1, 0.15) is 5.84 Å². The molecule has 3 heteroatoms. The molecule has 3 N–H and O–H groups in total. The molecule has 3 nitrogen and oxygen atoms in total. The third-order valence-electron chi connectivity index (χ3n) is 4.49. The number of rotatable bonds is 6. The van der Waals surface area contributed by atoms with E-state index in [1.807, 2.05) is 27.7 Å². The molecule has 0 saturated heterocycles. The van der Waals surface area contributed by atoms with E-state index in [0.717, 1.165) is 34.5 Å². The van der Waals surface area contributed by atoms with Gasteiger partial charge in [-0.1, -0.05) is 77.6 Å². The van der Waals surface area contributed by atoms with Crippen molar-refractivity contribution in [3.63, 3.8) is 0 Å². The first-order chi connectivity index (χ1) is 14.4. The van der Waals surface area contributed by atoms with Crippen molar-refractivity contribution in [3.05, 3.63) is 89.1 Å². The fraction of sp³-hybridized carbons (Fsp3) is 0.370. The largest absolute Gasteiger partial charge is 0.399 e. The van der Waals surface area contributed by atoms with E-state index in [1.165, 1.54) is 11.1 Å². The van der Waals surface area contributed by atoms with Gasteiger partial charge in [-0.05, 0) is 62.2 Å². The maximum absolute atomic E-state index is 5.99. The van der Waals surface area contributed by atoms with Crippen molar-refractivity contribution in [3.8, 4) is 0 Å². The molecule has 0 aliphatic rings. The number of nitrogens with one attached hydrogen (secondary N) is 1. The Kier molecular flexibility index (Phi) is 12.9. The second kappa shape index (κ2) is 14.2. The SMILES string of the molecule is C=CNC(=NC(CC)c1cccc(C)c1)c1cc(C)cc(C(=C)N)c1C.CC.CC. The van der Waals surface area contributed by atoms with Crippen LogP contribution in [0, 0.1) is 20.8 Å². The number of hydrogen-bond donors (Lipinski definition) is 2. The highest BCUT2D eigenvalue weighted by molar-refractivity contribution is 6.01. The summed E-state index contributed by atoms with van der Waals surface area (Å²) in [4.78, 5) is 5.03. The van der Waals surface area contributed by atoms with Crippen molar-refractivity contribution in [1.82, 2.24) is 5.32 Å². The minimum absolute atomic E-state index is 0.0711. The minimum atomic E-state index is 0.0711. The van der Waals surface area contributed by atoms with Crippen molar-refractivity contribution in [1.29, 1.82) is 0 Å². The normalized spacial score (nSPS) is 11.3. The lowest BCUT2D eigenvalue weighted by Gasteiger charge is -2.18. The summed E-state index contributed by atoms with van der Waals surface area (Å²) in [5, 5.41) is 3.23. The molecule has 0 saturated carbocycles. The number of nitrogens with two attached hydrogens (primary N) is 1. The van der Waals surface area contributed by atoms with Gasteiger partial charge in [-0.3, -0.25) is 4.99 Å². The smallest absolute Gasteiger partial charge is 0.133 e. The van der Waals surface area contributed by atoms with Gasteiger partial charge in [-0.15, -0.1) is 0 Å². The lowest BCUT2D eigenvalue weighted by molar-refractivity contribution is 0.697. The number of benzene rings is 2. The number of amidine groups is 1. The van der Waals surface area contributed by atoms with E-state index in [2.05, 4.69) is 82.6 Å². The lowest BCUT2D eigenvalue weighted by Crippen LogP contribution is -2.22. The summed E-state index contributed by atoms with van der Waals surface area (Å²) in [6, 6.07) is 12.8. The van der Waals surface area contributed by atoms with Gasteiger partial charge < -0.3 is 11.1 Å². The lowest BCUT2D eigenvalue weighted by atomic mass is 9.96. The molecule has 0 bridgehead atoms. The Labute approximate surface area is 184 Å². The predicted molar refractivity (Wildman–Crippen MR) is 136 cm³/mol. The van der Waals surface area contributed by atoms with Crippen LogP contribution in [0.5, 0.6) is 0 Å². The summed E-state index contributed by atoms with van der Waals surface area (Å²) in [5.74, 6) is 0.803. The van der Waals surface area contributed by atoms with Crippen LogP contribution >= 0.6 is 0 Å². The molecule has 0 aliphatic carbocycles. The Balaban J connectivity index is 0.00000198. The number of hydrogen-bond acceptors (Lipinski definition) is 2. The van der Waals surface area contributed by atoms with Crippen LogP contribution < -0.4 is 11.1 Å². The molecular formula is C27H41N3. The molecule has 0 amide bonds. The average molecular weight is 408 g/mol. The standard InChI is InChI=1S/C23H29N3.2C2H6/c1-7-22(19-11-9-10-15(3)12-19)26-23(25-8-2)21-14-16(4)13-20(17(21)5)18(6)24;2*1-2/h8-14,22H,2,6-7,24H2,1,3-5H3,(H,25,26);2*1-2H3. The van der Waals surface area contributed by atoms with Gasteiger partial charge in [0, 0.05) is 16.8 Å². The molecule has 1 unspecified atom stereocenters. The Morgan fingerprint density at radius 2 is 1.63 bits per heavy atom. The van der Waals surface area contributed by atoms with Crippen molar-refractivity contribution in [2.75, 3.05) is 0 Å². The number of aryl methyl sites for hydroxylation is 2. The zero-order chi connectivity index (χ0) is 23.3. The summed E-state index contributed by atoms with van der Waals surface area (Å²) in [7, 11) is 0. The summed E-state index contributed by atoms with van der Waals surface area (Å²) in [5.41, 5.74) is 13.2. The topological polar surface area (TPSA) is 50.4 Å². The quantitative estimate of drug-likeness (QED) is 0.392. The molecular weight excluding hydrogens is 366 g/mol. The first kappa shape index (κ1) is 27.2. The number of aliphatic imine (C=N–C) groups is 1. The van der Waals surface area contributed by atoms with E-state index < -0.39 is 0 Å². The van der Waals surface area contributed by atoms with Crippen LogP contribution in [0.1, 0.15) is 80.5 Å². The van der Waals surface area contributed by atoms with Crippen LogP contribution in [0.25, 0.3) is 5.70 Å². The molecule has 0 spiro atoms. The van der Waals surface area contributed by atoms with E-state index in [-0.39, 0.29) is 6.04 Å². The van der Waals surface area contributed by atoms with E-state index >= 15 is 0 Å². The molecule has 0 fully saturated rings. The molecule has 2 rings (SSSR count). The fourth-order valence-electron chi connectivity index (χ4n) is 3.15. The molecule has 0 aliphatic heterocycles. The van der Waals surface area contributed by atoms with Crippen LogP contribution in [0.2, 0.25) is 0 Å². The second-order valence-electron chi connectivity index (χ2n) is 6.67. The first-order valence-electron chi connectivity index (χ1n) is 11.0. The van der Waals surface area contributed by atoms with Crippen LogP contribution in [0.3, 0.4) is 0 Å². The first-order valence-corrected chi connectivity index (χ1v) is 11.0. The molecule has 2 aromatic rings. The van der Waals surface area contributed by atoms with Crippen LogP contribution in [0.4, 0.5) is 0 Å². The zero-order valence-corrected chi connectivity index (χ0v) is 20.3. The maximum Gasteiger partial charge on any atom is 0.133 e. The molecule has 2 aromatic carbocycles. The molecule has 0 heterocycles. The van der Waals surface area contributed by atoms with Crippen molar-refractivity contribution < 1.29 is 0 Å². The Bertz CT molecular complexity index is 847. The van der Waals surface area contributed by atoms with Crippen molar-refractivity contribution in [2.24, 2.45) is 10.7 Å².